The number of hydrogen-bond donors (Lipinski definition) is 0. The number of fused-ring (bicyclic) bond motifs is 4. The average Bonchev–Trinajstić information content (AvgIpc) is 3.63. The highest BCUT2D eigenvalue weighted by Gasteiger charge is 2.19. The summed E-state index contributed by atoms with van der Waals surface area (Å²) in [5.41, 5.74) is 4.90. The quantitative estimate of drug-likeness (QED) is 0.227. The monoisotopic (exact) mass is 531 g/mol. The normalized spacial score (nSPS) is 11.5. The van der Waals surface area contributed by atoms with Gasteiger partial charge in [-0.25, -0.2) is 15.0 Å². The van der Waals surface area contributed by atoms with E-state index in [-0.39, 0.29) is 0 Å². The molecule has 0 unspecified atom stereocenters. The molecule has 3 aromatic heterocycles. The van der Waals surface area contributed by atoms with Gasteiger partial charge in [-0.2, -0.15) is 0 Å². The smallest absolute Gasteiger partial charge is 0.199 e. The molecule has 0 radical (unpaired) electrons. The predicted molar refractivity (Wildman–Crippen MR) is 164 cm³/mol. The highest BCUT2D eigenvalue weighted by molar-refractivity contribution is 7.26. The van der Waals surface area contributed by atoms with Crippen molar-refractivity contribution in [2.24, 2.45) is 0 Å². The second-order valence-electron chi connectivity index (χ2n) is 9.65. The van der Waals surface area contributed by atoms with Gasteiger partial charge < -0.3 is 4.42 Å². The largest absolute Gasteiger partial charge is 0.453 e. The molecule has 0 saturated heterocycles. The number of aromatic nitrogens is 3. The van der Waals surface area contributed by atoms with Gasteiger partial charge in [-0.05, 0) is 35.4 Å². The van der Waals surface area contributed by atoms with Crippen LogP contribution in [0.15, 0.2) is 132 Å². The van der Waals surface area contributed by atoms with Crippen molar-refractivity contribution in [3.05, 3.63) is 127 Å². The SMILES string of the molecule is c1ccc(-c2ccccc2-c2nc(-c3cc4ccccc4o3)nc(-c3cccc4c3sc3ccccc34)n2)cc1. The van der Waals surface area contributed by atoms with E-state index in [4.69, 9.17) is 19.4 Å². The lowest BCUT2D eigenvalue weighted by Crippen LogP contribution is -2.00. The summed E-state index contributed by atoms with van der Waals surface area (Å²) in [7, 11) is 0. The number of nitrogens with zero attached hydrogens (tertiary/aromatic N) is 3. The number of para-hydroxylation sites is 1. The Morgan fingerprint density at radius 1 is 0.500 bits per heavy atom. The van der Waals surface area contributed by atoms with Crippen molar-refractivity contribution in [1.82, 2.24) is 15.0 Å². The Morgan fingerprint density at radius 3 is 2.02 bits per heavy atom. The Morgan fingerprint density at radius 2 is 1.15 bits per heavy atom. The third kappa shape index (κ3) is 3.79. The molecule has 0 aliphatic carbocycles. The van der Waals surface area contributed by atoms with Crippen LogP contribution >= 0.6 is 11.3 Å². The Labute approximate surface area is 234 Å². The van der Waals surface area contributed by atoms with Crippen LogP contribution < -0.4 is 0 Å². The molecule has 8 rings (SSSR count). The second kappa shape index (κ2) is 9.26. The van der Waals surface area contributed by atoms with Gasteiger partial charge in [0.15, 0.2) is 23.2 Å². The lowest BCUT2D eigenvalue weighted by atomic mass is 9.99. The molecule has 0 bridgehead atoms. The van der Waals surface area contributed by atoms with Gasteiger partial charge in [-0.1, -0.05) is 103 Å². The van der Waals surface area contributed by atoms with Gasteiger partial charge >= 0.3 is 0 Å². The Kier molecular flexibility index (Phi) is 5.28. The second-order valence-corrected chi connectivity index (χ2v) is 10.7. The van der Waals surface area contributed by atoms with E-state index in [2.05, 4.69) is 66.7 Å². The van der Waals surface area contributed by atoms with E-state index in [1.807, 2.05) is 60.7 Å². The third-order valence-electron chi connectivity index (χ3n) is 7.18. The summed E-state index contributed by atoms with van der Waals surface area (Å²) < 4.78 is 8.64. The molecule has 0 saturated carbocycles. The van der Waals surface area contributed by atoms with Crippen molar-refractivity contribution >= 4 is 42.5 Å². The first kappa shape index (κ1) is 22.8. The van der Waals surface area contributed by atoms with Crippen LogP contribution in [0.1, 0.15) is 0 Å². The molecule has 5 aromatic carbocycles. The van der Waals surface area contributed by atoms with E-state index >= 15 is 0 Å². The number of thiophene rings is 1. The first-order chi connectivity index (χ1) is 19.8. The fourth-order valence-corrected chi connectivity index (χ4v) is 6.50. The van der Waals surface area contributed by atoms with Crippen molar-refractivity contribution < 1.29 is 4.42 Å². The fraction of sp³-hybridized carbons (Fsp3) is 0. The van der Waals surface area contributed by atoms with Crippen LogP contribution in [-0.2, 0) is 0 Å². The van der Waals surface area contributed by atoms with Crippen molar-refractivity contribution in [1.29, 1.82) is 0 Å². The zero-order valence-corrected chi connectivity index (χ0v) is 22.1. The highest BCUT2D eigenvalue weighted by atomic mass is 32.1. The minimum Gasteiger partial charge on any atom is -0.453 e. The standard InChI is InChI=1S/C35H21N3OS/c1-2-11-22(12-3-1)24-14-5-6-16-27(24)33-36-34(38-35(37-33)30-21-23-13-4-8-19-29(23)39-30)28-18-10-17-26-25-15-7-9-20-31(25)40-32(26)28/h1-21H. The molecule has 8 aromatic rings. The van der Waals surface area contributed by atoms with E-state index < -0.39 is 0 Å². The molecule has 40 heavy (non-hydrogen) atoms. The lowest BCUT2D eigenvalue weighted by molar-refractivity contribution is 0.625. The van der Waals surface area contributed by atoms with Gasteiger partial charge in [-0.15, -0.1) is 11.3 Å². The van der Waals surface area contributed by atoms with E-state index in [1.54, 1.807) is 11.3 Å². The van der Waals surface area contributed by atoms with E-state index in [0.717, 1.165) is 37.9 Å². The van der Waals surface area contributed by atoms with Gasteiger partial charge in [0, 0.05) is 36.7 Å². The van der Waals surface area contributed by atoms with Crippen molar-refractivity contribution in [3.8, 4) is 45.5 Å². The molecule has 0 spiro atoms. The topological polar surface area (TPSA) is 51.8 Å². The zero-order valence-electron chi connectivity index (χ0n) is 21.3. The molecule has 0 amide bonds. The van der Waals surface area contributed by atoms with Crippen LogP contribution in [-0.4, -0.2) is 15.0 Å². The minimum absolute atomic E-state index is 0.511. The van der Waals surface area contributed by atoms with Gasteiger partial charge in [0.25, 0.3) is 0 Å². The van der Waals surface area contributed by atoms with Crippen molar-refractivity contribution in [2.45, 2.75) is 0 Å². The number of benzene rings is 5. The Hall–Kier alpha value is -5.13. The van der Waals surface area contributed by atoms with Gasteiger partial charge in [0.2, 0.25) is 0 Å². The van der Waals surface area contributed by atoms with Crippen molar-refractivity contribution in [3.63, 3.8) is 0 Å². The molecule has 4 nitrogen and oxygen atoms in total. The molecule has 0 atom stereocenters. The molecule has 0 aliphatic heterocycles. The maximum absolute atomic E-state index is 6.24. The first-order valence-electron chi connectivity index (χ1n) is 13.1. The van der Waals surface area contributed by atoms with E-state index in [1.165, 1.54) is 15.5 Å². The summed E-state index contributed by atoms with van der Waals surface area (Å²) >= 11 is 1.77. The zero-order chi connectivity index (χ0) is 26.5. The Balaban J connectivity index is 1.40. The Bertz CT molecular complexity index is 2150. The summed E-state index contributed by atoms with van der Waals surface area (Å²) in [6.45, 7) is 0. The molecule has 188 valence electrons. The number of furan rings is 1. The van der Waals surface area contributed by atoms with Crippen molar-refractivity contribution in [2.75, 3.05) is 0 Å². The molecule has 3 heterocycles. The first-order valence-corrected chi connectivity index (χ1v) is 13.9. The number of hydrogen-bond acceptors (Lipinski definition) is 5. The van der Waals surface area contributed by atoms with E-state index in [9.17, 15) is 0 Å². The highest BCUT2D eigenvalue weighted by Crippen LogP contribution is 2.40. The molecular formula is C35H21N3OS. The summed E-state index contributed by atoms with van der Waals surface area (Å²) in [5, 5.41) is 3.46. The van der Waals surface area contributed by atoms with E-state index in [0.29, 0.717) is 23.2 Å². The lowest BCUT2D eigenvalue weighted by Gasteiger charge is -2.11. The predicted octanol–water partition coefficient (Wildman–Crippen LogP) is 9.65. The molecular weight excluding hydrogens is 510 g/mol. The molecule has 0 N–H and O–H groups in total. The third-order valence-corrected chi connectivity index (χ3v) is 8.40. The maximum Gasteiger partial charge on any atom is 0.199 e. The van der Waals surface area contributed by atoms with Crippen LogP contribution in [0.2, 0.25) is 0 Å². The average molecular weight is 532 g/mol. The van der Waals surface area contributed by atoms with Crippen LogP contribution in [0.25, 0.3) is 76.6 Å². The number of rotatable bonds is 4. The molecule has 0 fully saturated rings. The maximum atomic E-state index is 6.24. The molecule has 5 heteroatoms. The summed E-state index contributed by atoms with van der Waals surface area (Å²) in [4.78, 5) is 15.1. The van der Waals surface area contributed by atoms with Gasteiger partial charge in [0.05, 0.1) is 0 Å². The van der Waals surface area contributed by atoms with Crippen LogP contribution in [0.5, 0.6) is 0 Å². The fourth-order valence-electron chi connectivity index (χ4n) is 5.29. The van der Waals surface area contributed by atoms with Crippen LogP contribution in [0, 0.1) is 0 Å². The summed E-state index contributed by atoms with van der Waals surface area (Å²) in [5.74, 6) is 2.36. The summed E-state index contributed by atoms with van der Waals surface area (Å²) in [6, 6.07) is 43.4. The minimum atomic E-state index is 0.511. The summed E-state index contributed by atoms with van der Waals surface area (Å²) in [6.07, 6.45) is 0. The molecule has 0 aliphatic rings. The van der Waals surface area contributed by atoms with Crippen LogP contribution in [0.4, 0.5) is 0 Å². The van der Waals surface area contributed by atoms with Gasteiger partial charge in [-0.3, -0.25) is 0 Å². The van der Waals surface area contributed by atoms with Gasteiger partial charge in [0.1, 0.15) is 5.58 Å². The van der Waals surface area contributed by atoms with Crippen LogP contribution in [0.3, 0.4) is 0 Å².